The molecule has 0 amide bonds. The zero-order valence-electron chi connectivity index (χ0n) is 11.5. The summed E-state index contributed by atoms with van der Waals surface area (Å²) in [5.41, 5.74) is 3.04. The van der Waals surface area contributed by atoms with Crippen molar-refractivity contribution in [2.24, 2.45) is 11.8 Å². The number of nitrogens with one attached hydrogen (secondary N) is 1. The Morgan fingerprint density at radius 3 is 2.89 bits per heavy atom. The molecule has 0 radical (unpaired) electrons. The normalized spacial score (nSPS) is 32.1. The van der Waals surface area contributed by atoms with Crippen molar-refractivity contribution in [1.82, 2.24) is 5.32 Å². The molecule has 0 aliphatic carbocycles. The van der Waals surface area contributed by atoms with Crippen LogP contribution >= 0.6 is 0 Å². The lowest BCUT2D eigenvalue weighted by Gasteiger charge is -2.45. The van der Waals surface area contributed by atoms with Gasteiger partial charge in [0.15, 0.2) is 0 Å². The fraction of sp³-hybridized carbons (Fsp3) is 0.625. The van der Waals surface area contributed by atoms with Gasteiger partial charge in [-0.2, -0.15) is 0 Å². The Morgan fingerprint density at radius 1 is 1.22 bits per heavy atom. The highest BCUT2D eigenvalue weighted by Gasteiger charge is 2.31. The predicted molar refractivity (Wildman–Crippen MR) is 77.1 cm³/mol. The summed E-state index contributed by atoms with van der Waals surface area (Å²) in [6.07, 6.45) is 2.52. The Bertz CT molecular complexity index is 415. The lowest BCUT2D eigenvalue weighted by molar-refractivity contribution is 0.315. The van der Waals surface area contributed by atoms with Crippen molar-refractivity contribution in [3.8, 4) is 0 Å². The van der Waals surface area contributed by atoms with Crippen LogP contribution in [0.25, 0.3) is 0 Å². The van der Waals surface area contributed by atoms with Crippen molar-refractivity contribution in [3.63, 3.8) is 0 Å². The van der Waals surface area contributed by atoms with Crippen LogP contribution < -0.4 is 10.2 Å². The standard InChI is InChI=1S/C16H24N2/c1-12-9-14-5-3-4-6-16(14)18(11-12)15-7-8-17-10-13(15)2/h3-6,12-13,15,17H,7-11H2,1-2H3. The van der Waals surface area contributed by atoms with E-state index < -0.39 is 0 Å². The third-order valence-corrected chi connectivity index (χ3v) is 4.52. The molecule has 3 unspecified atom stereocenters. The van der Waals surface area contributed by atoms with Gasteiger partial charge >= 0.3 is 0 Å². The summed E-state index contributed by atoms with van der Waals surface area (Å²) in [5, 5.41) is 3.51. The van der Waals surface area contributed by atoms with Crippen LogP contribution in [0.2, 0.25) is 0 Å². The maximum absolute atomic E-state index is 3.51. The largest absolute Gasteiger partial charge is 0.368 e. The van der Waals surface area contributed by atoms with E-state index in [2.05, 4.69) is 48.3 Å². The zero-order valence-corrected chi connectivity index (χ0v) is 11.5. The van der Waals surface area contributed by atoms with Gasteiger partial charge < -0.3 is 10.2 Å². The Morgan fingerprint density at radius 2 is 2.06 bits per heavy atom. The molecular formula is C16H24N2. The minimum Gasteiger partial charge on any atom is -0.368 e. The van der Waals surface area contributed by atoms with E-state index in [1.807, 2.05) is 0 Å². The Kier molecular flexibility index (Phi) is 3.29. The van der Waals surface area contributed by atoms with Gasteiger partial charge in [0.1, 0.15) is 0 Å². The first-order valence-electron chi connectivity index (χ1n) is 7.31. The molecule has 0 aromatic heterocycles. The van der Waals surface area contributed by atoms with Gasteiger partial charge in [0.05, 0.1) is 0 Å². The highest BCUT2D eigenvalue weighted by molar-refractivity contribution is 5.56. The topological polar surface area (TPSA) is 15.3 Å². The number of hydrogen-bond acceptors (Lipinski definition) is 2. The number of benzene rings is 1. The molecule has 2 aliphatic heterocycles. The summed E-state index contributed by atoms with van der Waals surface area (Å²) in [4.78, 5) is 2.69. The van der Waals surface area contributed by atoms with Gasteiger partial charge in [-0.15, -0.1) is 0 Å². The van der Waals surface area contributed by atoms with Crippen LogP contribution in [0.4, 0.5) is 5.69 Å². The molecule has 1 aromatic rings. The fourth-order valence-electron chi connectivity index (χ4n) is 3.62. The van der Waals surface area contributed by atoms with E-state index in [1.54, 1.807) is 5.56 Å². The number of hydrogen-bond donors (Lipinski definition) is 1. The SMILES string of the molecule is CC1Cc2ccccc2N(C2CCNCC2C)C1. The third-order valence-electron chi connectivity index (χ3n) is 4.52. The van der Waals surface area contributed by atoms with Crippen molar-refractivity contribution >= 4 is 5.69 Å². The van der Waals surface area contributed by atoms with E-state index >= 15 is 0 Å². The first kappa shape index (κ1) is 12.0. The number of piperidine rings is 1. The van der Waals surface area contributed by atoms with Crippen LogP contribution in [-0.2, 0) is 6.42 Å². The summed E-state index contributed by atoms with van der Waals surface area (Å²) < 4.78 is 0. The lowest BCUT2D eigenvalue weighted by Crippen LogP contribution is -2.51. The van der Waals surface area contributed by atoms with E-state index in [0.29, 0.717) is 0 Å². The minimum absolute atomic E-state index is 0.718. The molecule has 18 heavy (non-hydrogen) atoms. The maximum atomic E-state index is 3.51. The first-order chi connectivity index (χ1) is 8.75. The molecule has 2 nitrogen and oxygen atoms in total. The summed E-state index contributed by atoms with van der Waals surface area (Å²) in [6, 6.07) is 9.71. The van der Waals surface area contributed by atoms with Crippen molar-refractivity contribution in [3.05, 3.63) is 29.8 Å². The van der Waals surface area contributed by atoms with Gasteiger partial charge in [-0.3, -0.25) is 0 Å². The predicted octanol–water partition coefficient (Wildman–Crippen LogP) is 2.68. The number of rotatable bonds is 1. The van der Waals surface area contributed by atoms with Crippen LogP contribution in [0.1, 0.15) is 25.8 Å². The molecule has 0 bridgehead atoms. The van der Waals surface area contributed by atoms with Crippen molar-refractivity contribution < 1.29 is 0 Å². The van der Waals surface area contributed by atoms with Gasteiger partial charge in [-0.1, -0.05) is 32.0 Å². The lowest BCUT2D eigenvalue weighted by atomic mass is 9.87. The van der Waals surface area contributed by atoms with E-state index in [9.17, 15) is 0 Å². The second-order valence-corrected chi connectivity index (χ2v) is 6.13. The van der Waals surface area contributed by atoms with Gasteiger partial charge in [-0.25, -0.2) is 0 Å². The molecule has 2 heterocycles. The third kappa shape index (κ3) is 2.14. The van der Waals surface area contributed by atoms with E-state index in [0.717, 1.165) is 24.4 Å². The molecular weight excluding hydrogens is 220 g/mol. The maximum Gasteiger partial charge on any atom is 0.0401 e. The highest BCUT2D eigenvalue weighted by atomic mass is 15.2. The van der Waals surface area contributed by atoms with E-state index in [4.69, 9.17) is 0 Å². The van der Waals surface area contributed by atoms with Gasteiger partial charge in [0.2, 0.25) is 0 Å². The minimum atomic E-state index is 0.718. The van der Waals surface area contributed by atoms with Crippen molar-refractivity contribution in [1.29, 1.82) is 0 Å². The molecule has 3 rings (SSSR count). The molecule has 1 fully saturated rings. The molecule has 2 heteroatoms. The molecule has 1 saturated heterocycles. The second kappa shape index (κ2) is 4.93. The van der Waals surface area contributed by atoms with Gasteiger partial charge in [0, 0.05) is 18.3 Å². The quantitative estimate of drug-likeness (QED) is 0.817. The Hall–Kier alpha value is -1.02. The number of para-hydroxylation sites is 1. The fourth-order valence-corrected chi connectivity index (χ4v) is 3.62. The number of nitrogens with zero attached hydrogens (tertiary/aromatic N) is 1. The molecule has 98 valence electrons. The summed E-state index contributed by atoms with van der Waals surface area (Å²) in [5.74, 6) is 1.53. The summed E-state index contributed by atoms with van der Waals surface area (Å²) >= 11 is 0. The molecule has 0 saturated carbocycles. The Labute approximate surface area is 110 Å². The van der Waals surface area contributed by atoms with Gasteiger partial charge in [0.25, 0.3) is 0 Å². The van der Waals surface area contributed by atoms with Crippen LogP contribution in [0, 0.1) is 11.8 Å². The molecule has 0 spiro atoms. The van der Waals surface area contributed by atoms with E-state index in [-0.39, 0.29) is 0 Å². The smallest absolute Gasteiger partial charge is 0.0401 e. The van der Waals surface area contributed by atoms with Crippen LogP contribution in [0.5, 0.6) is 0 Å². The van der Waals surface area contributed by atoms with Crippen LogP contribution in [0.15, 0.2) is 24.3 Å². The molecule has 2 aliphatic rings. The zero-order chi connectivity index (χ0) is 12.5. The van der Waals surface area contributed by atoms with E-state index in [1.165, 1.54) is 31.6 Å². The monoisotopic (exact) mass is 244 g/mol. The summed E-state index contributed by atoms with van der Waals surface area (Å²) in [7, 11) is 0. The number of fused-ring (bicyclic) bond motifs is 1. The van der Waals surface area contributed by atoms with Crippen LogP contribution in [-0.4, -0.2) is 25.7 Å². The van der Waals surface area contributed by atoms with Crippen LogP contribution in [0.3, 0.4) is 0 Å². The van der Waals surface area contributed by atoms with Gasteiger partial charge in [-0.05, 0) is 49.4 Å². The first-order valence-corrected chi connectivity index (χ1v) is 7.31. The second-order valence-electron chi connectivity index (χ2n) is 6.13. The number of anilines is 1. The summed E-state index contributed by atoms with van der Waals surface area (Å²) in [6.45, 7) is 8.33. The van der Waals surface area contributed by atoms with Crippen molar-refractivity contribution in [2.75, 3.05) is 24.5 Å². The average molecular weight is 244 g/mol. The molecule has 1 aromatic carbocycles. The Balaban J connectivity index is 1.91. The molecule has 3 atom stereocenters. The van der Waals surface area contributed by atoms with Crippen molar-refractivity contribution in [2.45, 2.75) is 32.7 Å². The highest BCUT2D eigenvalue weighted by Crippen LogP contribution is 2.34. The molecule has 1 N–H and O–H groups in total. The average Bonchev–Trinajstić information content (AvgIpc) is 2.38.